The molecular weight excluding hydrogens is 422 g/mol. The van der Waals surface area contributed by atoms with Crippen molar-refractivity contribution in [1.82, 2.24) is 0 Å². The Bertz CT molecular complexity index is 1010. The molecule has 0 aromatic heterocycles. The Morgan fingerprint density at radius 3 is 2.41 bits per heavy atom. The van der Waals surface area contributed by atoms with Crippen LogP contribution < -0.4 is 16.0 Å². The first-order valence-electron chi connectivity index (χ1n) is 8.92. The first kappa shape index (κ1) is 21.2. The third-order valence-electron chi connectivity index (χ3n) is 4.04. The van der Waals surface area contributed by atoms with E-state index in [0.29, 0.717) is 15.9 Å². The van der Waals surface area contributed by atoms with Gasteiger partial charge in [-0.2, -0.15) is 0 Å². The molecule has 0 fully saturated rings. The number of amides is 1. The molecule has 7 heteroatoms. The number of nitrogens with one attached hydrogen (secondary N) is 3. The second-order valence-electron chi connectivity index (χ2n) is 6.22. The largest absolute Gasteiger partial charge is 0.332 e. The maximum absolute atomic E-state index is 12.3. The second kappa shape index (κ2) is 10.3. The van der Waals surface area contributed by atoms with E-state index in [2.05, 4.69) is 16.0 Å². The van der Waals surface area contributed by atoms with Gasteiger partial charge in [-0.3, -0.25) is 4.79 Å². The standard InChI is InChI=1S/C22H20ClN3OS2/c1-15-19(23)11-6-12-20(15)26-21(27)14-29-18-10-5-9-17(13-18)25-22(28)24-16-7-3-2-4-8-16/h2-13H,14H2,1H3,(H,26,27)(H2,24,25,28). The molecule has 0 atom stereocenters. The molecule has 0 heterocycles. The van der Waals surface area contributed by atoms with Crippen LogP contribution in [0, 0.1) is 6.92 Å². The number of carbonyl (C=O) groups is 1. The lowest BCUT2D eigenvalue weighted by molar-refractivity contribution is -0.113. The summed E-state index contributed by atoms with van der Waals surface area (Å²) in [6.07, 6.45) is 0. The predicted octanol–water partition coefficient (Wildman–Crippen LogP) is 6.19. The average molecular weight is 442 g/mol. The average Bonchev–Trinajstić information content (AvgIpc) is 2.71. The Morgan fingerprint density at radius 2 is 1.62 bits per heavy atom. The van der Waals surface area contributed by atoms with Crippen LogP contribution in [0.3, 0.4) is 0 Å². The highest BCUT2D eigenvalue weighted by atomic mass is 35.5. The van der Waals surface area contributed by atoms with Crippen molar-refractivity contribution in [3.8, 4) is 0 Å². The molecule has 4 nitrogen and oxygen atoms in total. The number of para-hydroxylation sites is 1. The highest BCUT2D eigenvalue weighted by molar-refractivity contribution is 8.00. The van der Waals surface area contributed by atoms with E-state index in [-0.39, 0.29) is 5.91 Å². The highest BCUT2D eigenvalue weighted by Crippen LogP contribution is 2.25. The third-order valence-corrected chi connectivity index (χ3v) is 5.64. The number of hydrogen-bond donors (Lipinski definition) is 3. The minimum Gasteiger partial charge on any atom is -0.332 e. The number of anilines is 3. The van der Waals surface area contributed by atoms with E-state index in [0.717, 1.165) is 27.5 Å². The van der Waals surface area contributed by atoms with Crippen LogP contribution in [-0.2, 0) is 4.79 Å². The zero-order chi connectivity index (χ0) is 20.6. The monoisotopic (exact) mass is 441 g/mol. The fourth-order valence-corrected chi connectivity index (χ4v) is 3.72. The van der Waals surface area contributed by atoms with Crippen LogP contribution >= 0.6 is 35.6 Å². The fraction of sp³-hybridized carbons (Fsp3) is 0.0909. The maximum Gasteiger partial charge on any atom is 0.234 e. The lowest BCUT2D eigenvalue weighted by Gasteiger charge is -2.12. The van der Waals surface area contributed by atoms with E-state index in [1.807, 2.05) is 73.7 Å². The molecule has 0 spiro atoms. The summed E-state index contributed by atoms with van der Waals surface area (Å²) in [7, 11) is 0. The molecule has 0 unspecified atom stereocenters. The molecule has 3 aromatic rings. The van der Waals surface area contributed by atoms with E-state index in [9.17, 15) is 4.79 Å². The molecule has 0 aliphatic rings. The molecule has 0 saturated heterocycles. The number of halogens is 1. The smallest absolute Gasteiger partial charge is 0.234 e. The van der Waals surface area contributed by atoms with Crippen LogP contribution in [-0.4, -0.2) is 16.8 Å². The van der Waals surface area contributed by atoms with Crippen LogP contribution in [0.1, 0.15) is 5.56 Å². The zero-order valence-corrected chi connectivity index (χ0v) is 18.1. The van der Waals surface area contributed by atoms with E-state index in [1.165, 1.54) is 11.8 Å². The maximum atomic E-state index is 12.3. The van der Waals surface area contributed by atoms with Gasteiger partial charge < -0.3 is 16.0 Å². The first-order chi connectivity index (χ1) is 14.0. The lowest BCUT2D eigenvalue weighted by Crippen LogP contribution is -2.19. The summed E-state index contributed by atoms with van der Waals surface area (Å²) < 4.78 is 0. The van der Waals surface area contributed by atoms with Gasteiger partial charge in [0.25, 0.3) is 0 Å². The van der Waals surface area contributed by atoms with Crippen LogP contribution in [0.4, 0.5) is 17.1 Å². The summed E-state index contributed by atoms with van der Waals surface area (Å²) >= 11 is 12.9. The van der Waals surface area contributed by atoms with E-state index in [1.54, 1.807) is 6.07 Å². The Labute approximate surface area is 185 Å². The second-order valence-corrected chi connectivity index (χ2v) is 8.09. The molecule has 0 bridgehead atoms. The van der Waals surface area contributed by atoms with Crippen molar-refractivity contribution < 1.29 is 4.79 Å². The molecule has 3 aromatic carbocycles. The summed E-state index contributed by atoms with van der Waals surface area (Å²) in [6.45, 7) is 1.88. The van der Waals surface area contributed by atoms with Gasteiger partial charge in [0.05, 0.1) is 5.75 Å². The number of rotatable bonds is 6. The van der Waals surface area contributed by atoms with Crippen LogP contribution in [0.15, 0.2) is 77.7 Å². The van der Waals surface area contributed by atoms with Gasteiger partial charge in [-0.15, -0.1) is 11.8 Å². The minimum absolute atomic E-state index is 0.0833. The van der Waals surface area contributed by atoms with Gasteiger partial charge in [-0.25, -0.2) is 0 Å². The molecular formula is C22H20ClN3OS2. The van der Waals surface area contributed by atoms with Gasteiger partial charge in [0.15, 0.2) is 5.11 Å². The van der Waals surface area contributed by atoms with Crippen molar-refractivity contribution in [3.05, 3.63) is 83.4 Å². The summed E-state index contributed by atoms with van der Waals surface area (Å²) in [5, 5.41) is 10.3. The van der Waals surface area contributed by atoms with Crippen molar-refractivity contribution in [2.24, 2.45) is 0 Å². The van der Waals surface area contributed by atoms with Crippen molar-refractivity contribution in [2.45, 2.75) is 11.8 Å². The number of carbonyl (C=O) groups excluding carboxylic acids is 1. The van der Waals surface area contributed by atoms with Crippen LogP contribution in [0.2, 0.25) is 5.02 Å². The lowest BCUT2D eigenvalue weighted by atomic mass is 10.2. The Balaban J connectivity index is 1.53. The zero-order valence-electron chi connectivity index (χ0n) is 15.7. The van der Waals surface area contributed by atoms with Crippen LogP contribution in [0.25, 0.3) is 0 Å². The number of thiocarbonyl (C=S) groups is 1. The molecule has 29 heavy (non-hydrogen) atoms. The number of thioether (sulfide) groups is 1. The Morgan fingerprint density at radius 1 is 0.931 bits per heavy atom. The van der Waals surface area contributed by atoms with Gasteiger partial charge in [-0.05, 0) is 67.2 Å². The Kier molecular flexibility index (Phi) is 7.52. The molecule has 0 saturated carbocycles. The fourth-order valence-electron chi connectivity index (χ4n) is 2.56. The molecule has 0 radical (unpaired) electrons. The van der Waals surface area contributed by atoms with Crippen LogP contribution in [0.5, 0.6) is 0 Å². The summed E-state index contributed by atoms with van der Waals surface area (Å²) in [5.74, 6) is 0.210. The van der Waals surface area contributed by atoms with Gasteiger partial charge in [-0.1, -0.05) is 41.9 Å². The Hall–Kier alpha value is -2.54. The summed E-state index contributed by atoms with van der Waals surface area (Å²) in [5.41, 5.74) is 3.37. The van der Waals surface area contributed by atoms with Gasteiger partial charge >= 0.3 is 0 Å². The van der Waals surface area contributed by atoms with Gasteiger partial charge in [0, 0.05) is 27.0 Å². The van der Waals surface area contributed by atoms with Gasteiger partial charge in [0.1, 0.15) is 0 Å². The summed E-state index contributed by atoms with van der Waals surface area (Å²) in [4.78, 5) is 13.3. The van der Waals surface area contributed by atoms with Crippen molar-refractivity contribution in [3.63, 3.8) is 0 Å². The predicted molar refractivity (Wildman–Crippen MR) is 128 cm³/mol. The number of benzene rings is 3. The minimum atomic E-state index is -0.0833. The van der Waals surface area contributed by atoms with E-state index < -0.39 is 0 Å². The normalized spacial score (nSPS) is 10.3. The van der Waals surface area contributed by atoms with E-state index in [4.69, 9.17) is 23.8 Å². The van der Waals surface area contributed by atoms with Gasteiger partial charge in [0.2, 0.25) is 5.91 Å². The molecule has 148 valence electrons. The first-order valence-corrected chi connectivity index (χ1v) is 10.7. The van der Waals surface area contributed by atoms with Crippen molar-refractivity contribution in [2.75, 3.05) is 21.7 Å². The molecule has 1 amide bonds. The molecule has 0 aliphatic heterocycles. The van der Waals surface area contributed by atoms with Crippen molar-refractivity contribution >= 4 is 63.7 Å². The number of hydrogen-bond acceptors (Lipinski definition) is 3. The third kappa shape index (κ3) is 6.49. The molecule has 3 rings (SSSR count). The molecule has 3 N–H and O–H groups in total. The topological polar surface area (TPSA) is 53.2 Å². The summed E-state index contributed by atoms with van der Waals surface area (Å²) in [6, 6.07) is 23.0. The van der Waals surface area contributed by atoms with E-state index >= 15 is 0 Å². The highest BCUT2D eigenvalue weighted by Gasteiger charge is 2.08. The molecule has 0 aliphatic carbocycles. The SMILES string of the molecule is Cc1c(Cl)cccc1NC(=O)CSc1cccc(NC(=S)Nc2ccccc2)c1. The van der Waals surface area contributed by atoms with Crippen molar-refractivity contribution in [1.29, 1.82) is 0 Å². The quantitative estimate of drug-likeness (QED) is 0.314.